The maximum atomic E-state index is 9.25. The van der Waals surface area contributed by atoms with Crippen molar-refractivity contribution in [1.82, 2.24) is 0 Å². The van der Waals surface area contributed by atoms with Gasteiger partial charge in [-0.3, -0.25) is 0 Å². The highest BCUT2D eigenvalue weighted by atomic mass is 16.5. The molecule has 0 heterocycles. The highest BCUT2D eigenvalue weighted by Gasteiger charge is 2.01. The summed E-state index contributed by atoms with van der Waals surface area (Å²) in [5.41, 5.74) is 12.7. The van der Waals surface area contributed by atoms with E-state index in [1.54, 1.807) is 18.2 Å². The Balaban J connectivity index is 0.000000231. The second-order valence-corrected chi connectivity index (χ2v) is 4.91. The van der Waals surface area contributed by atoms with Gasteiger partial charge in [0.25, 0.3) is 0 Å². The van der Waals surface area contributed by atoms with Gasteiger partial charge in [-0.1, -0.05) is 12.1 Å². The molecule has 0 aliphatic carbocycles. The van der Waals surface area contributed by atoms with Crippen LogP contribution < -0.4 is 16.2 Å². The van der Waals surface area contributed by atoms with E-state index in [1.165, 1.54) is 19.2 Å². The minimum absolute atomic E-state index is 0.0871. The minimum Gasteiger partial charge on any atom is -0.504 e. The van der Waals surface area contributed by atoms with Crippen LogP contribution >= 0.6 is 0 Å². The molecular formula is C17H24N2O4. The van der Waals surface area contributed by atoms with Crippen molar-refractivity contribution in [3.05, 3.63) is 47.5 Å². The minimum atomic E-state index is -0.0919. The average molecular weight is 320 g/mol. The third-order valence-electron chi connectivity index (χ3n) is 3.15. The quantitative estimate of drug-likeness (QED) is 0.532. The van der Waals surface area contributed by atoms with Crippen LogP contribution in [-0.2, 0) is 12.8 Å². The van der Waals surface area contributed by atoms with Gasteiger partial charge in [0, 0.05) is 0 Å². The summed E-state index contributed by atoms with van der Waals surface area (Å²) in [7, 11) is 1.53. The summed E-state index contributed by atoms with van der Waals surface area (Å²) in [4.78, 5) is 0. The van der Waals surface area contributed by atoms with E-state index < -0.39 is 0 Å². The van der Waals surface area contributed by atoms with Gasteiger partial charge >= 0.3 is 0 Å². The molecule has 0 radical (unpaired) electrons. The van der Waals surface area contributed by atoms with E-state index in [-0.39, 0.29) is 17.2 Å². The van der Waals surface area contributed by atoms with Crippen LogP contribution in [-0.4, -0.2) is 35.5 Å². The Morgan fingerprint density at radius 3 is 1.78 bits per heavy atom. The molecule has 7 N–H and O–H groups in total. The van der Waals surface area contributed by atoms with Gasteiger partial charge in [-0.05, 0) is 61.3 Å². The van der Waals surface area contributed by atoms with Crippen molar-refractivity contribution >= 4 is 0 Å². The van der Waals surface area contributed by atoms with Gasteiger partial charge in [-0.15, -0.1) is 0 Å². The van der Waals surface area contributed by atoms with Crippen molar-refractivity contribution in [2.45, 2.75) is 12.8 Å². The molecule has 0 saturated heterocycles. The predicted octanol–water partition coefficient (Wildman–Crippen LogP) is 1.50. The van der Waals surface area contributed by atoms with Crippen molar-refractivity contribution in [2.24, 2.45) is 11.5 Å². The second-order valence-electron chi connectivity index (χ2n) is 4.91. The second kappa shape index (κ2) is 9.55. The van der Waals surface area contributed by atoms with E-state index in [0.717, 1.165) is 17.5 Å². The molecule has 0 atom stereocenters. The smallest absolute Gasteiger partial charge is 0.160 e. The number of phenols is 3. The van der Waals surface area contributed by atoms with Crippen LogP contribution in [0.3, 0.4) is 0 Å². The van der Waals surface area contributed by atoms with Crippen molar-refractivity contribution in [2.75, 3.05) is 20.2 Å². The molecule has 2 aromatic rings. The fraction of sp³-hybridized carbons (Fsp3) is 0.294. The molecule has 0 fully saturated rings. The lowest BCUT2D eigenvalue weighted by Gasteiger charge is -2.05. The highest BCUT2D eigenvalue weighted by molar-refractivity contribution is 5.42. The lowest BCUT2D eigenvalue weighted by molar-refractivity contribution is 0.373. The molecule has 0 aliphatic rings. The lowest BCUT2D eigenvalue weighted by atomic mass is 10.1. The Morgan fingerprint density at radius 1 is 0.783 bits per heavy atom. The number of hydrogen-bond donors (Lipinski definition) is 5. The number of phenolic OH excluding ortho intramolecular Hbond substituents is 3. The molecular weight excluding hydrogens is 296 g/mol. The van der Waals surface area contributed by atoms with E-state index in [9.17, 15) is 5.11 Å². The van der Waals surface area contributed by atoms with Crippen molar-refractivity contribution < 1.29 is 20.1 Å². The third-order valence-corrected chi connectivity index (χ3v) is 3.15. The van der Waals surface area contributed by atoms with Gasteiger partial charge in [-0.2, -0.15) is 0 Å². The first-order valence-corrected chi connectivity index (χ1v) is 7.28. The van der Waals surface area contributed by atoms with Crippen molar-refractivity contribution in [3.8, 4) is 23.0 Å². The standard InChI is InChI=1S/C9H13NO2.C8H11NO2/c1-12-9-6-7(4-5-10)2-3-8(9)11;9-4-3-6-1-2-7(10)8(11)5-6/h2-3,6,11H,4-5,10H2,1H3;1-2,5,10-11H,3-4,9H2. The van der Waals surface area contributed by atoms with E-state index in [0.29, 0.717) is 25.3 Å². The Kier molecular flexibility index (Phi) is 7.73. The largest absolute Gasteiger partial charge is 0.504 e. The molecule has 0 amide bonds. The van der Waals surface area contributed by atoms with Gasteiger partial charge < -0.3 is 31.5 Å². The fourth-order valence-electron chi connectivity index (χ4n) is 1.94. The number of methoxy groups -OCH3 is 1. The number of nitrogens with two attached hydrogens (primary N) is 2. The Hall–Kier alpha value is -2.44. The SMILES string of the molecule is COc1cc(CCN)ccc1O.NCCc1ccc(O)c(O)c1. The molecule has 0 bridgehead atoms. The average Bonchev–Trinajstić information content (AvgIpc) is 2.54. The van der Waals surface area contributed by atoms with Crippen molar-refractivity contribution in [3.63, 3.8) is 0 Å². The molecule has 0 aliphatic heterocycles. The van der Waals surface area contributed by atoms with Crippen LogP contribution in [0.15, 0.2) is 36.4 Å². The topological polar surface area (TPSA) is 122 Å². The first-order valence-electron chi connectivity index (χ1n) is 7.28. The fourth-order valence-corrected chi connectivity index (χ4v) is 1.94. The van der Waals surface area contributed by atoms with E-state index in [2.05, 4.69) is 0 Å². The van der Waals surface area contributed by atoms with Crippen molar-refractivity contribution in [1.29, 1.82) is 0 Å². The summed E-state index contributed by atoms with van der Waals surface area (Å²) in [6, 6.07) is 9.96. The molecule has 0 unspecified atom stereocenters. The lowest BCUT2D eigenvalue weighted by Crippen LogP contribution is -2.02. The summed E-state index contributed by atoms with van der Waals surface area (Å²) in [5, 5.41) is 27.2. The molecule has 6 nitrogen and oxygen atoms in total. The van der Waals surface area contributed by atoms with Gasteiger partial charge in [0.2, 0.25) is 0 Å². The molecule has 0 spiro atoms. The molecule has 6 heteroatoms. The van der Waals surface area contributed by atoms with Crippen LogP contribution in [0, 0.1) is 0 Å². The summed E-state index contributed by atoms with van der Waals surface area (Å²) >= 11 is 0. The van der Waals surface area contributed by atoms with Crippen LogP contribution in [0.2, 0.25) is 0 Å². The van der Waals surface area contributed by atoms with Gasteiger partial charge in [0.1, 0.15) is 0 Å². The number of rotatable bonds is 5. The summed E-state index contributed by atoms with van der Waals surface area (Å²) in [6.45, 7) is 1.15. The van der Waals surface area contributed by atoms with Gasteiger partial charge in [-0.25, -0.2) is 0 Å². The molecule has 0 saturated carbocycles. The van der Waals surface area contributed by atoms with Gasteiger partial charge in [0.15, 0.2) is 23.0 Å². The number of hydrogen-bond acceptors (Lipinski definition) is 6. The molecule has 126 valence electrons. The zero-order valence-electron chi connectivity index (χ0n) is 13.2. The Labute approximate surface area is 135 Å². The summed E-state index contributed by atoms with van der Waals surface area (Å²) in [5.74, 6) is 0.487. The van der Waals surface area contributed by atoms with Crippen LogP contribution in [0.1, 0.15) is 11.1 Å². The van der Waals surface area contributed by atoms with E-state index in [1.807, 2.05) is 6.07 Å². The monoisotopic (exact) mass is 320 g/mol. The molecule has 2 rings (SSSR count). The van der Waals surface area contributed by atoms with Crippen LogP contribution in [0.5, 0.6) is 23.0 Å². The van der Waals surface area contributed by atoms with Crippen LogP contribution in [0.4, 0.5) is 0 Å². The zero-order chi connectivity index (χ0) is 17.2. The molecule has 0 aromatic heterocycles. The third kappa shape index (κ3) is 6.06. The number of benzene rings is 2. The summed E-state index contributed by atoms with van der Waals surface area (Å²) in [6.07, 6.45) is 1.52. The Morgan fingerprint density at radius 2 is 1.30 bits per heavy atom. The highest BCUT2D eigenvalue weighted by Crippen LogP contribution is 2.26. The zero-order valence-corrected chi connectivity index (χ0v) is 13.2. The van der Waals surface area contributed by atoms with E-state index in [4.69, 9.17) is 26.4 Å². The first kappa shape index (κ1) is 18.6. The predicted molar refractivity (Wildman–Crippen MR) is 89.9 cm³/mol. The maximum Gasteiger partial charge on any atom is 0.160 e. The summed E-state index contributed by atoms with van der Waals surface area (Å²) < 4.78 is 4.94. The maximum absolute atomic E-state index is 9.25. The molecule has 2 aromatic carbocycles. The van der Waals surface area contributed by atoms with Gasteiger partial charge in [0.05, 0.1) is 7.11 Å². The van der Waals surface area contributed by atoms with E-state index >= 15 is 0 Å². The number of aromatic hydroxyl groups is 3. The number of ether oxygens (including phenoxy) is 1. The normalized spacial score (nSPS) is 9.87. The van der Waals surface area contributed by atoms with Crippen LogP contribution in [0.25, 0.3) is 0 Å². The molecule has 23 heavy (non-hydrogen) atoms. The first-order chi connectivity index (χ1) is 11.0. The Bertz CT molecular complexity index is 618.